The fourth-order valence-electron chi connectivity index (χ4n) is 3.62. The van der Waals surface area contributed by atoms with Gasteiger partial charge in [-0.25, -0.2) is 0 Å². The summed E-state index contributed by atoms with van der Waals surface area (Å²) in [4.78, 5) is 13.1. The minimum atomic E-state index is -0.334. The zero-order chi connectivity index (χ0) is 17.2. The van der Waals surface area contributed by atoms with Crippen LogP contribution in [0.25, 0.3) is 0 Å². The molecule has 0 radical (unpaired) electrons. The standard InChI is InChI=1S/C20H19N3O2/c24-23(25)18-9-4-6-16(14-18)15-22-13-12-21-11-5-10-19(21)20(22)17-7-2-1-3-8-17/h1-11,14,20H,12-13,15H2/t20-/m0/s1. The third-order valence-electron chi connectivity index (χ3n) is 4.76. The Morgan fingerprint density at radius 3 is 2.64 bits per heavy atom. The Morgan fingerprint density at radius 1 is 1.00 bits per heavy atom. The molecule has 5 nitrogen and oxygen atoms in total. The number of hydrogen-bond donors (Lipinski definition) is 0. The number of rotatable bonds is 4. The van der Waals surface area contributed by atoms with Crippen LogP contribution in [0.5, 0.6) is 0 Å². The molecule has 1 atom stereocenters. The Morgan fingerprint density at radius 2 is 1.84 bits per heavy atom. The van der Waals surface area contributed by atoms with Gasteiger partial charge in [0.25, 0.3) is 5.69 Å². The summed E-state index contributed by atoms with van der Waals surface area (Å²) in [6, 6.07) is 21.8. The van der Waals surface area contributed by atoms with Crippen LogP contribution in [-0.2, 0) is 13.1 Å². The van der Waals surface area contributed by atoms with E-state index in [9.17, 15) is 10.1 Å². The largest absolute Gasteiger partial charge is 0.348 e. The lowest BCUT2D eigenvalue weighted by atomic mass is 9.99. The van der Waals surface area contributed by atoms with Gasteiger partial charge in [-0.05, 0) is 23.3 Å². The molecule has 0 bridgehead atoms. The molecular weight excluding hydrogens is 314 g/mol. The molecular formula is C20H19N3O2. The molecule has 2 heterocycles. The highest BCUT2D eigenvalue weighted by Crippen LogP contribution is 2.33. The molecule has 0 fully saturated rings. The quantitative estimate of drug-likeness (QED) is 0.535. The van der Waals surface area contributed by atoms with Crippen LogP contribution in [0.15, 0.2) is 72.9 Å². The van der Waals surface area contributed by atoms with Crippen molar-refractivity contribution in [1.29, 1.82) is 0 Å². The summed E-state index contributed by atoms with van der Waals surface area (Å²) in [5.74, 6) is 0. The van der Waals surface area contributed by atoms with Gasteiger partial charge in [-0.15, -0.1) is 0 Å². The maximum Gasteiger partial charge on any atom is 0.269 e. The van der Waals surface area contributed by atoms with E-state index in [-0.39, 0.29) is 16.7 Å². The normalized spacial score (nSPS) is 17.2. The molecule has 126 valence electrons. The fraction of sp³-hybridized carbons (Fsp3) is 0.200. The molecule has 0 spiro atoms. The van der Waals surface area contributed by atoms with E-state index >= 15 is 0 Å². The van der Waals surface area contributed by atoms with Crippen molar-refractivity contribution in [2.45, 2.75) is 19.1 Å². The van der Waals surface area contributed by atoms with E-state index in [1.807, 2.05) is 12.1 Å². The topological polar surface area (TPSA) is 51.3 Å². The average molecular weight is 333 g/mol. The number of nitro groups is 1. The second-order valence-corrected chi connectivity index (χ2v) is 6.34. The molecule has 3 aromatic rings. The summed E-state index contributed by atoms with van der Waals surface area (Å²) in [6.07, 6.45) is 2.12. The zero-order valence-corrected chi connectivity index (χ0v) is 13.8. The predicted molar refractivity (Wildman–Crippen MR) is 96.2 cm³/mol. The molecule has 2 aromatic carbocycles. The number of nitrogens with zero attached hydrogens (tertiary/aromatic N) is 3. The van der Waals surface area contributed by atoms with E-state index in [4.69, 9.17) is 0 Å². The smallest absolute Gasteiger partial charge is 0.269 e. The van der Waals surface area contributed by atoms with Crippen LogP contribution in [0.3, 0.4) is 0 Å². The van der Waals surface area contributed by atoms with Crippen LogP contribution in [-0.4, -0.2) is 20.9 Å². The van der Waals surface area contributed by atoms with Gasteiger partial charge in [0.15, 0.2) is 0 Å². The molecule has 0 unspecified atom stereocenters. The van der Waals surface area contributed by atoms with Crippen LogP contribution < -0.4 is 0 Å². The van der Waals surface area contributed by atoms with E-state index in [2.05, 4.69) is 52.1 Å². The molecule has 0 saturated heterocycles. The van der Waals surface area contributed by atoms with E-state index in [0.717, 1.165) is 18.7 Å². The third kappa shape index (κ3) is 3.06. The molecule has 25 heavy (non-hydrogen) atoms. The molecule has 0 N–H and O–H groups in total. The van der Waals surface area contributed by atoms with Gasteiger partial charge in [0.05, 0.1) is 11.0 Å². The lowest BCUT2D eigenvalue weighted by Crippen LogP contribution is -2.37. The van der Waals surface area contributed by atoms with Crippen molar-refractivity contribution in [3.05, 3.63) is 99.9 Å². The molecule has 0 saturated carbocycles. The summed E-state index contributed by atoms with van der Waals surface area (Å²) in [6.45, 7) is 2.52. The second kappa shape index (κ2) is 6.53. The Labute approximate surface area is 146 Å². The van der Waals surface area contributed by atoms with E-state index in [0.29, 0.717) is 6.54 Å². The Balaban J connectivity index is 1.68. The Kier molecular flexibility index (Phi) is 4.07. The summed E-state index contributed by atoms with van der Waals surface area (Å²) in [5.41, 5.74) is 3.62. The first-order valence-electron chi connectivity index (χ1n) is 8.40. The van der Waals surface area contributed by atoms with Crippen molar-refractivity contribution in [3.8, 4) is 0 Å². The molecule has 1 aromatic heterocycles. The van der Waals surface area contributed by atoms with E-state index in [1.54, 1.807) is 18.2 Å². The number of benzene rings is 2. The number of hydrogen-bond acceptors (Lipinski definition) is 3. The van der Waals surface area contributed by atoms with Gasteiger partial charge in [-0.1, -0.05) is 42.5 Å². The fourth-order valence-corrected chi connectivity index (χ4v) is 3.62. The highest BCUT2D eigenvalue weighted by Gasteiger charge is 2.28. The third-order valence-corrected chi connectivity index (χ3v) is 4.76. The van der Waals surface area contributed by atoms with Gasteiger partial charge in [0, 0.05) is 43.7 Å². The number of nitro benzene ring substituents is 1. The summed E-state index contributed by atoms with van der Waals surface area (Å²) < 4.78 is 2.29. The van der Waals surface area contributed by atoms with Crippen molar-refractivity contribution in [2.24, 2.45) is 0 Å². The molecule has 5 heteroatoms. The first-order chi connectivity index (χ1) is 12.2. The predicted octanol–water partition coefficient (Wildman–Crippen LogP) is 4.00. The first-order valence-corrected chi connectivity index (χ1v) is 8.40. The Bertz CT molecular complexity index is 889. The molecule has 1 aliphatic rings. The van der Waals surface area contributed by atoms with Crippen molar-refractivity contribution in [1.82, 2.24) is 9.47 Å². The van der Waals surface area contributed by atoms with Gasteiger partial charge in [0.2, 0.25) is 0 Å². The van der Waals surface area contributed by atoms with Crippen molar-refractivity contribution in [2.75, 3.05) is 6.54 Å². The first kappa shape index (κ1) is 15.6. The zero-order valence-electron chi connectivity index (χ0n) is 13.8. The number of fused-ring (bicyclic) bond motifs is 1. The monoisotopic (exact) mass is 333 g/mol. The van der Waals surface area contributed by atoms with Crippen molar-refractivity contribution >= 4 is 5.69 Å². The summed E-state index contributed by atoms with van der Waals surface area (Å²) in [5, 5.41) is 11.0. The van der Waals surface area contributed by atoms with Crippen LogP contribution in [0, 0.1) is 10.1 Å². The number of aromatic nitrogens is 1. The summed E-state index contributed by atoms with van der Waals surface area (Å²) in [7, 11) is 0. The maximum atomic E-state index is 11.0. The molecule has 0 amide bonds. The molecule has 0 aliphatic carbocycles. The minimum Gasteiger partial charge on any atom is -0.348 e. The van der Waals surface area contributed by atoms with Gasteiger partial charge < -0.3 is 4.57 Å². The van der Waals surface area contributed by atoms with Crippen LogP contribution >= 0.6 is 0 Å². The van der Waals surface area contributed by atoms with Crippen molar-refractivity contribution < 1.29 is 4.92 Å². The van der Waals surface area contributed by atoms with Gasteiger partial charge in [-0.3, -0.25) is 15.0 Å². The number of non-ortho nitro benzene ring substituents is 1. The second-order valence-electron chi connectivity index (χ2n) is 6.34. The van der Waals surface area contributed by atoms with Crippen molar-refractivity contribution in [3.63, 3.8) is 0 Å². The SMILES string of the molecule is O=[N+]([O-])c1cccc(CN2CCn3cccc3[C@@H]2c2ccccc2)c1. The minimum absolute atomic E-state index is 0.147. The van der Waals surface area contributed by atoms with Crippen LogP contribution in [0.2, 0.25) is 0 Å². The van der Waals surface area contributed by atoms with Gasteiger partial charge in [0.1, 0.15) is 0 Å². The highest BCUT2D eigenvalue weighted by molar-refractivity contribution is 5.35. The van der Waals surface area contributed by atoms with E-state index in [1.165, 1.54) is 11.3 Å². The van der Waals surface area contributed by atoms with Crippen LogP contribution in [0.1, 0.15) is 22.9 Å². The van der Waals surface area contributed by atoms with E-state index < -0.39 is 0 Å². The summed E-state index contributed by atoms with van der Waals surface area (Å²) >= 11 is 0. The lowest BCUT2D eigenvalue weighted by Gasteiger charge is -2.37. The molecule has 4 rings (SSSR count). The highest BCUT2D eigenvalue weighted by atomic mass is 16.6. The maximum absolute atomic E-state index is 11.0. The average Bonchev–Trinajstić information content (AvgIpc) is 3.11. The van der Waals surface area contributed by atoms with Gasteiger partial charge >= 0.3 is 0 Å². The molecule has 1 aliphatic heterocycles. The van der Waals surface area contributed by atoms with Gasteiger partial charge in [-0.2, -0.15) is 0 Å². The van der Waals surface area contributed by atoms with Crippen LogP contribution in [0.4, 0.5) is 5.69 Å². The Hall–Kier alpha value is -2.92. The lowest BCUT2D eigenvalue weighted by molar-refractivity contribution is -0.384.